The first kappa shape index (κ1) is 20.6. The molecule has 0 saturated carbocycles. The standard InChI is InChI=1S/C23H24N4O4/c1-14(16-5-3-2-4-6-16)25-23(31)24-12-15-7-8-17-13-27(22(30)18(17)11-15)19-9-10-20(28)26-21(19)29/h2-8,11,14,19H,9-10,12-13H2,1H3,(H2,24,25,31)(H,26,28,29)/t14-,19?/m0/s1. The lowest BCUT2D eigenvalue weighted by molar-refractivity contribution is -0.136. The van der Waals surface area contributed by atoms with Gasteiger partial charge in [-0.2, -0.15) is 0 Å². The maximum Gasteiger partial charge on any atom is 0.315 e. The highest BCUT2D eigenvalue weighted by Gasteiger charge is 2.39. The highest BCUT2D eigenvalue weighted by molar-refractivity contribution is 6.05. The molecule has 1 fully saturated rings. The Balaban J connectivity index is 1.36. The van der Waals surface area contributed by atoms with Gasteiger partial charge in [-0.3, -0.25) is 19.7 Å². The quantitative estimate of drug-likeness (QED) is 0.643. The second-order valence-corrected chi connectivity index (χ2v) is 7.85. The average Bonchev–Trinajstić information content (AvgIpc) is 3.08. The minimum Gasteiger partial charge on any atom is -0.334 e. The number of nitrogens with zero attached hydrogens (tertiary/aromatic N) is 1. The fourth-order valence-electron chi connectivity index (χ4n) is 3.97. The van der Waals surface area contributed by atoms with Crippen molar-refractivity contribution in [3.63, 3.8) is 0 Å². The predicted octanol–water partition coefficient (Wildman–Crippen LogP) is 2.01. The molecule has 0 radical (unpaired) electrons. The van der Waals surface area contributed by atoms with Gasteiger partial charge in [0.1, 0.15) is 6.04 Å². The second-order valence-electron chi connectivity index (χ2n) is 7.85. The van der Waals surface area contributed by atoms with Gasteiger partial charge in [0.2, 0.25) is 11.8 Å². The van der Waals surface area contributed by atoms with Gasteiger partial charge in [0, 0.05) is 25.1 Å². The summed E-state index contributed by atoms with van der Waals surface area (Å²) in [5, 5.41) is 8.00. The fraction of sp³-hybridized carbons (Fsp3) is 0.304. The molecule has 2 aliphatic heterocycles. The summed E-state index contributed by atoms with van der Waals surface area (Å²) in [6.45, 7) is 2.52. The van der Waals surface area contributed by atoms with Gasteiger partial charge in [-0.1, -0.05) is 42.5 Å². The average molecular weight is 420 g/mol. The van der Waals surface area contributed by atoms with E-state index in [2.05, 4.69) is 16.0 Å². The van der Waals surface area contributed by atoms with E-state index in [1.54, 1.807) is 6.07 Å². The molecule has 0 bridgehead atoms. The van der Waals surface area contributed by atoms with E-state index in [9.17, 15) is 19.2 Å². The van der Waals surface area contributed by atoms with E-state index in [4.69, 9.17) is 0 Å². The Morgan fingerprint density at radius 3 is 2.68 bits per heavy atom. The molecule has 0 spiro atoms. The Morgan fingerprint density at radius 1 is 1.16 bits per heavy atom. The lowest BCUT2D eigenvalue weighted by Crippen LogP contribution is -2.52. The van der Waals surface area contributed by atoms with E-state index >= 15 is 0 Å². The van der Waals surface area contributed by atoms with E-state index in [-0.39, 0.29) is 36.9 Å². The Kier molecular flexibility index (Phi) is 5.70. The Labute approximate surface area is 180 Å². The Bertz CT molecular complexity index is 1040. The number of urea groups is 1. The molecule has 5 amide bonds. The molecule has 2 aliphatic rings. The molecule has 2 atom stereocenters. The summed E-state index contributed by atoms with van der Waals surface area (Å²) in [4.78, 5) is 50.2. The van der Waals surface area contributed by atoms with E-state index in [1.807, 2.05) is 49.4 Å². The number of hydrogen-bond donors (Lipinski definition) is 3. The summed E-state index contributed by atoms with van der Waals surface area (Å²) >= 11 is 0. The van der Waals surface area contributed by atoms with Crippen LogP contribution in [-0.2, 0) is 22.7 Å². The van der Waals surface area contributed by atoms with Gasteiger partial charge in [0.05, 0.1) is 6.04 Å². The highest BCUT2D eigenvalue weighted by Crippen LogP contribution is 2.28. The van der Waals surface area contributed by atoms with Crippen LogP contribution in [0, 0.1) is 0 Å². The molecular formula is C23H24N4O4. The minimum absolute atomic E-state index is 0.134. The number of hydrogen-bond acceptors (Lipinski definition) is 4. The summed E-state index contributed by atoms with van der Waals surface area (Å²) in [6.07, 6.45) is 0.556. The molecule has 2 aromatic rings. The second kappa shape index (κ2) is 8.59. The molecular weight excluding hydrogens is 396 g/mol. The lowest BCUT2D eigenvalue weighted by Gasteiger charge is -2.29. The molecule has 1 unspecified atom stereocenters. The first-order valence-electron chi connectivity index (χ1n) is 10.3. The van der Waals surface area contributed by atoms with Crippen LogP contribution < -0.4 is 16.0 Å². The number of carbonyl (C=O) groups excluding carboxylic acids is 4. The zero-order valence-corrected chi connectivity index (χ0v) is 17.2. The third kappa shape index (κ3) is 4.42. The van der Waals surface area contributed by atoms with Gasteiger partial charge in [-0.25, -0.2) is 4.79 Å². The number of rotatable bonds is 5. The van der Waals surface area contributed by atoms with Gasteiger partial charge in [-0.05, 0) is 36.1 Å². The maximum absolute atomic E-state index is 12.9. The van der Waals surface area contributed by atoms with Gasteiger partial charge in [-0.15, -0.1) is 0 Å². The molecule has 31 heavy (non-hydrogen) atoms. The summed E-state index contributed by atoms with van der Waals surface area (Å²) in [5.41, 5.74) is 3.16. The Hall–Kier alpha value is -3.68. The SMILES string of the molecule is C[C@H](NC(=O)NCc1ccc2c(c1)C(=O)N(C1CCC(=O)NC1=O)C2)c1ccccc1. The minimum atomic E-state index is -0.635. The molecule has 0 aliphatic carbocycles. The van der Waals surface area contributed by atoms with Crippen LogP contribution >= 0.6 is 0 Å². The topological polar surface area (TPSA) is 108 Å². The highest BCUT2D eigenvalue weighted by atomic mass is 16.2. The Morgan fingerprint density at radius 2 is 1.94 bits per heavy atom. The van der Waals surface area contributed by atoms with Crippen LogP contribution in [0.3, 0.4) is 0 Å². The molecule has 3 N–H and O–H groups in total. The van der Waals surface area contributed by atoms with Crippen LogP contribution in [0.1, 0.15) is 52.9 Å². The lowest BCUT2D eigenvalue weighted by atomic mass is 10.0. The number of fused-ring (bicyclic) bond motifs is 1. The smallest absolute Gasteiger partial charge is 0.315 e. The van der Waals surface area contributed by atoms with Crippen molar-refractivity contribution in [1.82, 2.24) is 20.9 Å². The van der Waals surface area contributed by atoms with Crippen LogP contribution in [0.5, 0.6) is 0 Å². The molecule has 8 nitrogen and oxygen atoms in total. The maximum atomic E-state index is 12.9. The number of carbonyl (C=O) groups is 4. The van der Waals surface area contributed by atoms with Gasteiger partial charge in [0.15, 0.2) is 0 Å². The molecule has 2 heterocycles. The largest absolute Gasteiger partial charge is 0.334 e. The molecule has 8 heteroatoms. The van der Waals surface area contributed by atoms with E-state index in [1.165, 1.54) is 4.90 Å². The molecule has 4 rings (SSSR count). The molecule has 1 saturated heterocycles. The molecule has 160 valence electrons. The molecule has 2 aromatic carbocycles. The van der Waals surface area contributed by atoms with Gasteiger partial charge < -0.3 is 15.5 Å². The van der Waals surface area contributed by atoms with Crippen LogP contribution in [0.25, 0.3) is 0 Å². The van der Waals surface area contributed by atoms with Crippen LogP contribution in [0.2, 0.25) is 0 Å². The first-order valence-corrected chi connectivity index (χ1v) is 10.3. The van der Waals surface area contributed by atoms with Crippen molar-refractivity contribution in [1.29, 1.82) is 0 Å². The first-order chi connectivity index (χ1) is 14.9. The van der Waals surface area contributed by atoms with Gasteiger partial charge in [0.25, 0.3) is 5.91 Å². The number of benzene rings is 2. The number of amides is 5. The normalized spacial score (nSPS) is 18.9. The van der Waals surface area contributed by atoms with Crippen molar-refractivity contribution in [2.45, 2.75) is 44.9 Å². The van der Waals surface area contributed by atoms with Crippen LogP contribution in [0.15, 0.2) is 48.5 Å². The predicted molar refractivity (Wildman–Crippen MR) is 113 cm³/mol. The zero-order chi connectivity index (χ0) is 22.0. The summed E-state index contributed by atoms with van der Waals surface area (Å²) in [6, 6.07) is 14.1. The van der Waals surface area contributed by atoms with Crippen molar-refractivity contribution >= 4 is 23.8 Å². The third-order valence-corrected chi connectivity index (χ3v) is 5.69. The summed E-state index contributed by atoms with van der Waals surface area (Å²) < 4.78 is 0. The molecule has 0 aromatic heterocycles. The van der Waals surface area contributed by atoms with Crippen LogP contribution in [0.4, 0.5) is 4.79 Å². The van der Waals surface area contributed by atoms with Crippen molar-refractivity contribution in [3.8, 4) is 0 Å². The monoisotopic (exact) mass is 420 g/mol. The summed E-state index contributed by atoms with van der Waals surface area (Å²) in [5.74, 6) is -0.962. The third-order valence-electron chi connectivity index (χ3n) is 5.69. The van der Waals surface area contributed by atoms with Crippen molar-refractivity contribution in [2.75, 3.05) is 0 Å². The van der Waals surface area contributed by atoms with E-state index in [0.29, 0.717) is 18.5 Å². The summed E-state index contributed by atoms with van der Waals surface area (Å²) in [7, 11) is 0. The van der Waals surface area contributed by atoms with E-state index in [0.717, 1.165) is 16.7 Å². The number of piperidine rings is 1. The zero-order valence-electron chi connectivity index (χ0n) is 17.2. The van der Waals surface area contributed by atoms with Crippen molar-refractivity contribution in [2.24, 2.45) is 0 Å². The van der Waals surface area contributed by atoms with Crippen LogP contribution in [-0.4, -0.2) is 34.7 Å². The number of imide groups is 1. The fourth-order valence-corrected chi connectivity index (χ4v) is 3.97. The van der Waals surface area contributed by atoms with Crippen molar-refractivity contribution in [3.05, 3.63) is 70.8 Å². The van der Waals surface area contributed by atoms with Gasteiger partial charge >= 0.3 is 6.03 Å². The number of nitrogens with one attached hydrogen (secondary N) is 3. The van der Waals surface area contributed by atoms with E-state index < -0.39 is 11.9 Å². The van der Waals surface area contributed by atoms with Crippen molar-refractivity contribution < 1.29 is 19.2 Å².